The summed E-state index contributed by atoms with van der Waals surface area (Å²) in [6, 6.07) is 11.0. The van der Waals surface area contributed by atoms with Gasteiger partial charge in [-0.15, -0.1) is 0 Å². The van der Waals surface area contributed by atoms with Crippen LogP contribution in [0.4, 0.5) is 21.5 Å². The van der Waals surface area contributed by atoms with E-state index < -0.39 is 6.10 Å². The molecule has 5 rings (SSSR count). The lowest BCUT2D eigenvalue weighted by Gasteiger charge is -2.37. The molecule has 2 aromatic carbocycles. The molecule has 0 aromatic heterocycles. The second-order valence-corrected chi connectivity index (χ2v) is 8.98. The summed E-state index contributed by atoms with van der Waals surface area (Å²) in [4.78, 5) is 19.7. The maximum atomic E-state index is 14.3. The fraction of sp³-hybridized carbons (Fsp3) is 0.480. The number of anilines is 3. The summed E-state index contributed by atoms with van der Waals surface area (Å²) < 4.78 is 25.9. The van der Waals surface area contributed by atoms with Crippen molar-refractivity contribution < 1.29 is 18.7 Å². The highest BCUT2D eigenvalue weighted by atomic mass is 19.1. The number of hydrogen-bond donors (Lipinski definition) is 1. The molecule has 1 N–H and O–H groups in total. The second kappa shape index (κ2) is 9.57. The molecule has 176 valence electrons. The van der Waals surface area contributed by atoms with Crippen LogP contribution in [0.2, 0.25) is 0 Å². The molecule has 33 heavy (non-hydrogen) atoms. The number of hydrogen-bond acceptors (Lipinski definition) is 6. The SMILES string of the molecule is CN1CCN(c2cc(F)cc3c2OC(C(=O)Nc2ccc(N4CCOCC4)cc2)CC3)CC1. The number of piperazine rings is 1. The first-order chi connectivity index (χ1) is 16.1. The van der Waals surface area contributed by atoms with Gasteiger partial charge in [-0.1, -0.05) is 0 Å². The molecule has 1 atom stereocenters. The van der Waals surface area contributed by atoms with Crippen LogP contribution < -0.4 is 19.9 Å². The van der Waals surface area contributed by atoms with Crippen LogP contribution in [0.25, 0.3) is 0 Å². The monoisotopic (exact) mass is 454 g/mol. The van der Waals surface area contributed by atoms with Crippen LogP contribution in [-0.2, 0) is 16.0 Å². The molecule has 2 saturated heterocycles. The molecule has 0 spiro atoms. The molecule has 0 aliphatic carbocycles. The van der Waals surface area contributed by atoms with E-state index in [2.05, 4.69) is 27.1 Å². The van der Waals surface area contributed by atoms with Crippen molar-refractivity contribution in [1.82, 2.24) is 4.90 Å². The van der Waals surface area contributed by atoms with Crippen LogP contribution in [0.5, 0.6) is 5.75 Å². The molecular weight excluding hydrogens is 423 g/mol. The quantitative estimate of drug-likeness (QED) is 0.767. The average Bonchev–Trinajstić information content (AvgIpc) is 2.85. The van der Waals surface area contributed by atoms with Gasteiger partial charge in [-0.05, 0) is 55.8 Å². The normalized spacial score (nSPS) is 21.3. The van der Waals surface area contributed by atoms with Crippen molar-refractivity contribution in [3.63, 3.8) is 0 Å². The van der Waals surface area contributed by atoms with Crippen molar-refractivity contribution in [1.29, 1.82) is 0 Å². The Morgan fingerprint density at radius 2 is 1.73 bits per heavy atom. The number of morpholine rings is 1. The van der Waals surface area contributed by atoms with Gasteiger partial charge in [0, 0.05) is 56.7 Å². The molecule has 0 radical (unpaired) electrons. The van der Waals surface area contributed by atoms with Crippen LogP contribution in [0.1, 0.15) is 12.0 Å². The Bertz CT molecular complexity index is 986. The standard InChI is InChI=1S/C25H31FN4O3/c1-28-8-10-30(11-9-28)22-17-19(26)16-18-2-7-23(33-24(18)22)25(31)27-20-3-5-21(6-4-20)29-12-14-32-15-13-29/h3-6,16-17,23H,2,7-15H2,1H3,(H,27,31). The summed E-state index contributed by atoms with van der Waals surface area (Å²) in [6.45, 7) is 6.65. The number of carbonyl (C=O) groups excluding carboxylic acids is 1. The lowest BCUT2D eigenvalue weighted by molar-refractivity contribution is -0.123. The van der Waals surface area contributed by atoms with Gasteiger partial charge in [-0.2, -0.15) is 0 Å². The molecule has 3 aliphatic heterocycles. The Morgan fingerprint density at radius 1 is 1.00 bits per heavy atom. The largest absolute Gasteiger partial charge is 0.478 e. The van der Waals surface area contributed by atoms with Crippen molar-refractivity contribution in [3.8, 4) is 5.75 Å². The first kappa shape index (κ1) is 22.0. The Morgan fingerprint density at radius 3 is 2.45 bits per heavy atom. The highest BCUT2D eigenvalue weighted by molar-refractivity contribution is 5.95. The second-order valence-electron chi connectivity index (χ2n) is 8.98. The molecule has 8 heteroatoms. The third-order valence-electron chi connectivity index (χ3n) is 6.69. The van der Waals surface area contributed by atoms with Gasteiger partial charge in [-0.25, -0.2) is 4.39 Å². The van der Waals surface area contributed by atoms with Crippen LogP contribution in [-0.4, -0.2) is 76.4 Å². The molecule has 7 nitrogen and oxygen atoms in total. The summed E-state index contributed by atoms with van der Waals surface area (Å²) in [5.74, 6) is 0.220. The molecule has 1 amide bonds. The lowest BCUT2D eigenvalue weighted by atomic mass is 9.99. The molecule has 0 saturated carbocycles. The Labute approximate surface area is 194 Å². The van der Waals surface area contributed by atoms with Crippen molar-refractivity contribution in [2.24, 2.45) is 0 Å². The minimum absolute atomic E-state index is 0.173. The van der Waals surface area contributed by atoms with E-state index in [1.54, 1.807) is 0 Å². The van der Waals surface area contributed by atoms with Crippen molar-refractivity contribution in [2.75, 3.05) is 74.6 Å². The summed E-state index contributed by atoms with van der Waals surface area (Å²) in [7, 11) is 2.09. The third-order valence-corrected chi connectivity index (χ3v) is 6.69. The van der Waals surface area contributed by atoms with Crippen LogP contribution in [0.15, 0.2) is 36.4 Å². The zero-order valence-corrected chi connectivity index (χ0v) is 19.1. The zero-order chi connectivity index (χ0) is 22.8. The topological polar surface area (TPSA) is 57.3 Å². The first-order valence-electron chi connectivity index (χ1n) is 11.7. The predicted molar refractivity (Wildman–Crippen MR) is 127 cm³/mol. The van der Waals surface area contributed by atoms with Gasteiger partial charge in [0.05, 0.1) is 18.9 Å². The molecule has 0 bridgehead atoms. The highest BCUT2D eigenvalue weighted by Gasteiger charge is 2.30. The van der Waals surface area contributed by atoms with E-state index in [0.717, 1.165) is 75.1 Å². The minimum Gasteiger partial charge on any atom is -0.478 e. The van der Waals surface area contributed by atoms with Gasteiger partial charge >= 0.3 is 0 Å². The van der Waals surface area contributed by atoms with Gasteiger partial charge in [-0.3, -0.25) is 4.79 Å². The van der Waals surface area contributed by atoms with Crippen molar-refractivity contribution in [3.05, 3.63) is 47.8 Å². The lowest BCUT2D eigenvalue weighted by Crippen LogP contribution is -2.45. The summed E-state index contributed by atoms with van der Waals surface area (Å²) in [6.07, 6.45) is 0.534. The summed E-state index contributed by atoms with van der Waals surface area (Å²) >= 11 is 0. The smallest absolute Gasteiger partial charge is 0.265 e. The van der Waals surface area contributed by atoms with E-state index in [1.807, 2.05) is 24.3 Å². The fourth-order valence-electron chi connectivity index (χ4n) is 4.71. The Kier molecular flexibility index (Phi) is 6.37. The number of carbonyl (C=O) groups is 1. The third kappa shape index (κ3) is 4.91. The molecule has 3 heterocycles. The van der Waals surface area contributed by atoms with E-state index in [9.17, 15) is 9.18 Å². The number of rotatable bonds is 4. The van der Waals surface area contributed by atoms with Crippen molar-refractivity contribution >= 4 is 23.0 Å². The highest BCUT2D eigenvalue weighted by Crippen LogP contribution is 2.39. The fourth-order valence-corrected chi connectivity index (χ4v) is 4.71. The van der Waals surface area contributed by atoms with Gasteiger partial charge < -0.3 is 29.5 Å². The van der Waals surface area contributed by atoms with E-state index in [4.69, 9.17) is 9.47 Å². The first-order valence-corrected chi connectivity index (χ1v) is 11.7. The minimum atomic E-state index is -0.604. The zero-order valence-electron chi connectivity index (χ0n) is 19.1. The van der Waals surface area contributed by atoms with Gasteiger partial charge in [0.15, 0.2) is 6.10 Å². The number of likely N-dealkylation sites (N-methyl/N-ethyl adjacent to an activating group) is 1. The van der Waals surface area contributed by atoms with Crippen LogP contribution in [0.3, 0.4) is 0 Å². The van der Waals surface area contributed by atoms with E-state index in [-0.39, 0.29) is 11.7 Å². The number of halogens is 1. The summed E-state index contributed by atoms with van der Waals surface area (Å²) in [5.41, 5.74) is 3.45. The molecule has 1 unspecified atom stereocenters. The number of benzene rings is 2. The average molecular weight is 455 g/mol. The number of nitrogens with zero attached hydrogens (tertiary/aromatic N) is 3. The molecule has 3 aliphatic rings. The number of fused-ring (bicyclic) bond motifs is 1. The molecular formula is C25H31FN4O3. The number of ether oxygens (including phenoxy) is 2. The van der Waals surface area contributed by atoms with Gasteiger partial charge in [0.25, 0.3) is 5.91 Å². The maximum absolute atomic E-state index is 14.3. The van der Waals surface area contributed by atoms with Crippen LogP contribution >= 0.6 is 0 Å². The van der Waals surface area contributed by atoms with Crippen LogP contribution in [0, 0.1) is 5.82 Å². The molecule has 2 fully saturated rings. The summed E-state index contributed by atoms with van der Waals surface area (Å²) in [5, 5.41) is 2.99. The van der Waals surface area contributed by atoms with E-state index in [1.165, 1.54) is 12.1 Å². The van der Waals surface area contributed by atoms with Crippen molar-refractivity contribution in [2.45, 2.75) is 18.9 Å². The number of nitrogens with one attached hydrogen (secondary N) is 1. The van der Waals surface area contributed by atoms with E-state index >= 15 is 0 Å². The predicted octanol–water partition coefficient (Wildman–Crippen LogP) is 2.75. The van der Waals surface area contributed by atoms with Gasteiger partial charge in [0.1, 0.15) is 11.6 Å². The number of aryl methyl sites for hydroxylation is 1. The van der Waals surface area contributed by atoms with Gasteiger partial charge in [0.2, 0.25) is 0 Å². The number of amides is 1. The molecule has 2 aromatic rings. The Hall–Kier alpha value is -2.84. The van der Waals surface area contributed by atoms with E-state index in [0.29, 0.717) is 18.6 Å². The maximum Gasteiger partial charge on any atom is 0.265 e. The Balaban J connectivity index is 1.27.